The first-order chi connectivity index (χ1) is 8.20. The van der Waals surface area contributed by atoms with Crippen molar-refractivity contribution in [2.75, 3.05) is 0 Å². The van der Waals surface area contributed by atoms with Crippen LogP contribution in [-0.2, 0) is 4.79 Å². The van der Waals surface area contributed by atoms with Gasteiger partial charge in [0.25, 0.3) is 0 Å². The largest absolute Gasteiger partial charge is 0.290 e. The smallest absolute Gasteiger partial charge is 0.229 e. The molecule has 1 aromatic carbocycles. The summed E-state index contributed by atoms with van der Waals surface area (Å²) in [6, 6.07) is 7.32. The summed E-state index contributed by atoms with van der Waals surface area (Å²) in [7, 11) is 0. The zero-order chi connectivity index (χ0) is 12.3. The summed E-state index contributed by atoms with van der Waals surface area (Å²) in [6.45, 7) is 1.88. The highest BCUT2D eigenvalue weighted by Crippen LogP contribution is 2.25. The minimum absolute atomic E-state index is 0.0316. The average molecular weight is 230 g/mol. The molecule has 0 N–H and O–H groups in total. The van der Waals surface area contributed by atoms with Gasteiger partial charge in [0.15, 0.2) is 0 Å². The Morgan fingerprint density at radius 1 is 1.06 bits per heavy atom. The second kappa shape index (κ2) is 5.26. The van der Waals surface area contributed by atoms with E-state index in [1.807, 2.05) is 25.1 Å². The van der Waals surface area contributed by atoms with Crippen LogP contribution >= 0.6 is 0 Å². The van der Waals surface area contributed by atoms with Gasteiger partial charge in [-0.25, -0.2) is 0 Å². The van der Waals surface area contributed by atoms with Crippen LogP contribution in [0.5, 0.6) is 0 Å². The van der Waals surface area contributed by atoms with E-state index in [1.165, 1.54) is 6.42 Å². The summed E-state index contributed by atoms with van der Waals surface area (Å²) in [5, 5.41) is 0. The predicted molar refractivity (Wildman–Crippen MR) is 67.1 cm³/mol. The SMILES string of the molecule is Cc1ccccc1C(=O)C(=O)C1CCCCC1. The maximum atomic E-state index is 12.1. The fourth-order valence-electron chi connectivity index (χ4n) is 2.51. The number of hydrogen-bond donors (Lipinski definition) is 0. The molecular weight excluding hydrogens is 212 g/mol. The lowest BCUT2D eigenvalue weighted by atomic mass is 9.83. The minimum atomic E-state index is -0.296. The van der Waals surface area contributed by atoms with Crippen LogP contribution < -0.4 is 0 Å². The van der Waals surface area contributed by atoms with E-state index in [9.17, 15) is 9.59 Å². The molecule has 0 saturated heterocycles. The molecule has 0 aromatic heterocycles. The van der Waals surface area contributed by atoms with Crippen LogP contribution in [0.1, 0.15) is 48.0 Å². The Morgan fingerprint density at radius 3 is 2.35 bits per heavy atom. The highest BCUT2D eigenvalue weighted by atomic mass is 16.2. The van der Waals surface area contributed by atoms with Crippen molar-refractivity contribution in [1.82, 2.24) is 0 Å². The first kappa shape index (κ1) is 12.0. The second-order valence-corrected chi connectivity index (χ2v) is 4.84. The highest BCUT2D eigenvalue weighted by Gasteiger charge is 2.27. The fourth-order valence-corrected chi connectivity index (χ4v) is 2.51. The lowest BCUT2D eigenvalue weighted by molar-refractivity contribution is -0.119. The van der Waals surface area contributed by atoms with Crippen LogP contribution in [0, 0.1) is 12.8 Å². The summed E-state index contributed by atoms with van der Waals surface area (Å²) in [4.78, 5) is 24.2. The monoisotopic (exact) mass is 230 g/mol. The Labute approximate surface area is 102 Å². The van der Waals surface area contributed by atoms with Gasteiger partial charge in [0.1, 0.15) is 0 Å². The number of carbonyl (C=O) groups excluding carboxylic acids is 2. The Balaban J connectivity index is 2.14. The number of benzene rings is 1. The number of rotatable bonds is 3. The molecule has 90 valence electrons. The third kappa shape index (κ3) is 2.63. The molecule has 1 saturated carbocycles. The topological polar surface area (TPSA) is 34.1 Å². The van der Waals surface area contributed by atoms with Crippen molar-refractivity contribution in [3.8, 4) is 0 Å². The van der Waals surface area contributed by atoms with E-state index in [0.717, 1.165) is 31.2 Å². The molecule has 2 nitrogen and oxygen atoms in total. The summed E-state index contributed by atoms with van der Waals surface area (Å²) in [5.41, 5.74) is 1.46. The Hall–Kier alpha value is -1.44. The average Bonchev–Trinajstić information content (AvgIpc) is 2.39. The molecule has 2 rings (SSSR count). The Kier molecular flexibility index (Phi) is 3.72. The predicted octanol–water partition coefficient (Wildman–Crippen LogP) is 3.33. The van der Waals surface area contributed by atoms with Gasteiger partial charge in [-0.3, -0.25) is 9.59 Å². The molecule has 1 fully saturated rings. The maximum absolute atomic E-state index is 12.1. The molecular formula is C15H18O2. The van der Waals surface area contributed by atoms with Crippen LogP contribution in [0.3, 0.4) is 0 Å². The number of Topliss-reactive ketones (excluding diaryl/α,β-unsaturated/α-hetero) is 2. The summed E-state index contributed by atoms with van der Waals surface area (Å²) >= 11 is 0. The van der Waals surface area contributed by atoms with Gasteiger partial charge in [-0.1, -0.05) is 43.5 Å². The lowest BCUT2D eigenvalue weighted by Crippen LogP contribution is -2.26. The number of ketones is 2. The molecule has 2 heteroatoms. The zero-order valence-corrected chi connectivity index (χ0v) is 10.2. The molecule has 0 heterocycles. The quantitative estimate of drug-likeness (QED) is 0.589. The molecule has 0 bridgehead atoms. The normalized spacial score (nSPS) is 16.8. The van der Waals surface area contributed by atoms with E-state index in [1.54, 1.807) is 6.07 Å². The van der Waals surface area contributed by atoms with Crippen molar-refractivity contribution in [1.29, 1.82) is 0 Å². The van der Waals surface area contributed by atoms with E-state index in [-0.39, 0.29) is 17.5 Å². The first-order valence-corrected chi connectivity index (χ1v) is 6.34. The van der Waals surface area contributed by atoms with Crippen LogP contribution in [0.15, 0.2) is 24.3 Å². The molecule has 1 aliphatic carbocycles. The van der Waals surface area contributed by atoms with Gasteiger partial charge < -0.3 is 0 Å². The molecule has 0 spiro atoms. The lowest BCUT2D eigenvalue weighted by Gasteiger charge is -2.19. The van der Waals surface area contributed by atoms with Gasteiger partial charge in [0.2, 0.25) is 11.6 Å². The summed E-state index contributed by atoms with van der Waals surface area (Å²) < 4.78 is 0. The third-order valence-electron chi connectivity index (χ3n) is 3.59. The van der Waals surface area contributed by atoms with E-state index in [4.69, 9.17) is 0 Å². The second-order valence-electron chi connectivity index (χ2n) is 4.84. The van der Waals surface area contributed by atoms with Gasteiger partial charge in [0.05, 0.1) is 0 Å². The van der Waals surface area contributed by atoms with Crippen molar-refractivity contribution in [2.24, 2.45) is 5.92 Å². The molecule has 1 aliphatic rings. The van der Waals surface area contributed by atoms with Gasteiger partial charge in [-0.15, -0.1) is 0 Å². The Morgan fingerprint density at radius 2 is 1.71 bits per heavy atom. The molecule has 0 amide bonds. The van der Waals surface area contributed by atoms with Crippen LogP contribution in [0.2, 0.25) is 0 Å². The van der Waals surface area contributed by atoms with E-state index in [0.29, 0.717) is 5.56 Å². The van der Waals surface area contributed by atoms with Crippen LogP contribution in [-0.4, -0.2) is 11.6 Å². The van der Waals surface area contributed by atoms with Gasteiger partial charge in [-0.2, -0.15) is 0 Å². The van der Waals surface area contributed by atoms with Gasteiger partial charge in [0, 0.05) is 11.5 Å². The standard InChI is InChI=1S/C15H18O2/c1-11-7-5-6-10-13(11)15(17)14(16)12-8-3-2-4-9-12/h5-7,10,12H,2-4,8-9H2,1H3. The van der Waals surface area contributed by atoms with Crippen LogP contribution in [0.4, 0.5) is 0 Å². The maximum Gasteiger partial charge on any atom is 0.229 e. The summed E-state index contributed by atoms with van der Waals surface area (Å²) in [5.74, 6) is -0.509. The van der Waals surface area contributed by atoms with Crippen LogP contribution in [0.25, 0.3) is 0 Å². The van der Waals surface area contributed by atoms with Crippen molar-refractivity contribution in [3.63, 3.8) is 0 Å². The minimum Gasteiger partial charge on any atom is -0.290 e. The highest BCUT2D eigenvalue weighted by molar-refractivity contribution is 6.44. The molecule has 0 aliphatic heterocycles. The van der Waals surface area contributed by atoms with Crippen molar-refractivity contribution in [3.05, 3.63) is 35.4 Å². The van der Waals surface area contributed by atoms with E-state index < -0.39 is 0 Å². The summed E-state index contributed by atoms with van der Waals surface area (Å²) in [6.07, 6.45) is 5.13. The molecule has 0 atom stereocenters. The van der Waals surface area contributed by atoms with E-state index >= 15 is 0 Å². The van der Waals surface area contributed by atoms with E-state index in [2.05, 4.69) is 0 Å². The fraction of sp³-hybridized carbons (Fsp3) is 0.467. The van der Waals surface area contributed by atoms with Crippen molar-refractivity contribution < 1.29 is 9.59 Å². The zero-order valence-electron chi connectivity index (χ0n) is 10.2. The first-order valence-electron chi connectivity index (χ1n) is 6.34. The number of aryl methyl sites for hydroxylation is 1. The third-order valence-corrected chi connectivity index (χ3v) is 3.59. The molecule has 1 aromatic rings. The Bertz CT molecular complexity index is 428. The van der Waals surface area contributed by atoms with Crippen molar-refractivity contribution >= 4 is 11.6 Å². The van der Waals surface area contributed by atoms with Gasteiger partial charge in [-0.05, 0) is 25.3 Å². The number of hydrogen-bond acceptors (Lipinski definition) is 2. The molecule has 0 unspecified atom stereocenters. The molecule has 0 radical (unpaired) electrons. The van der Waals surface area contributed by atoms with Crippen molar-refractivity contribution in [2.45, 2.75) is 39.0 Å². The number of carbonyl (C=O) groups is 2. The molecule has 17 heavy (non-hydrogen) atoms. The van der Waals surface area contributed by atoms with Gasteiger partial charge >= 0.3 is 0 Å².